The summed E-state index contributed by atoms with van der Waals surface area (Å²) in [6.07, 6.45) is 1.78. The van der Waals surface area contributed by atoms with Crippen molar-refractivity contribution in [3.63, 3.8) is 0 Å². The zero-order valence-electron chi connectivity index (χ0n) is 10.1. The first-order chi connectivity index (χ1) is 8.19. The lowest BCUT2D eigenvalue weighted by molar-refractivity contribution is 0.132. The molecule has 1 aliphatic heterocycles. The highest BCUT2D eigenvalue weighted by Crippen LogP contribution is 2.15. The van der Waals surface area contributed by atoms with Gasteiger partial charge in [0, 0.05) is 32.4 Å². The molecule has 1 fully saturated rings. The summed E-state index contributed by atoms with van der Waals surface area (Å²) in [4.78, 5) is 10.6. The maximum atomic E-state index is 5.58. The van der Waals surface area contributed by atoms with Crippen LogP contribution < -0.4 is 5.73 Å². The Kier molecular flexibility index (Phi) is 4.44. The Bertz CT molecular complexity index is 383. The second kappa shape index (κ2) is 5.86. The summed E-state index contributed by atoms with van der Waals surface area (Å²) >= 11 is 6.55. The molecule has 2 heterocycles. The topological polar surface area (TPSA) is 45.4 Å². The van der Waals surface area contributed by atoms with Gasteiger partial charge in [-0.3, -0.25) is 4.90 Å². The molecule has 0 aromatic carbocycles. The van der Waals surface area contributed by atoms with Crippen molar-refractivity contribution in [3.05, 3.63) is 16.1 Å². The highest BCUT2D eigenvalue weighted by molar-refractivity contribution is 7.81. The standard InChI is InChI=1S/C11H18N4S2/c1-2-14-3-5-15(6-4-14)8-10-13-7-9(17-10)11(12)16/h7H,2-6,8H2,1H3,(H2,12,16). The van der Waals surface area contributed by atoms with E-state index < -0.39 is 0 Å². The Morgan fingerprint density at radius 3 is 2.59 bits per heavy atom. The highest BCUT2D eigenvalue weighted by Gasteiger charge is 2.16. The quantitative estimate of drug-likeness (QED) is 0.824. The highest BCUT2D eigenvalue weighted by atomic mass is 32.1. The van der Waals surface area contributed by atoms with Crippen LogP contribution in [0, 0.1) is 0 Å². The van der Waals surface area contributed by atoms with Gasteiger partial charge >= 0.3 is 0 Å². The maximum absolute atomic E-state index is 5.58. The predicted octanol–water partition coefficient (Wildman–Crippen LogP) is 0.915. The number of nitrogens with two attached hydrogens (primary N) is 1. The molecular formula is C11H18N4S2. The summed E-state index contributed by atoms with van der Waals surface area (Å²) in [5.41, 5.74) is 5.58. The first-order valence-electron chi connectivity index (χ1n) is 5.88. The van der Waals surface area contributed by atoms with Crippen LogP contribution in [0.25, 0.3) is 0 Å². The predicted molar refractivity (Wildman–Crippen MR) is 75.4 cm³/mol. The van der Waals surface area contributed by atoms with E-state index in [1.54, 1.807) is 17.5 Å². The van der Waals surface area contributed by atoms with Crippen LogP contribution in [0.3, 0.4) is 0 Å². The van der Waals surface area contributed by atoms with Gasteiger partial charge in [-0.1, -0.05) is 19.1 Å². The number of piperazine rings is 1. The summed E-state index contributed by atoms with van der Waals surface area (Å²) < 4.78 is 0. The van der Waals surface area contributed by atoms with Crippen molar-refractivity contribution >= 4 is 28.5 Å². The molecule has 4 nitrogen and oxygen atoms in total. The molecule has 6 heteroatoms. The molecule has 0 unspecified atom stereocenters. The third-order valence-corrected chi connectivity index (χ3v) is 4.43. The van der Waals surface area contributed by atoms with Crippen molar-refractivity contribution in [1.82, 2.24) is 14.8 Å². The minimum atomic E-state index is 0.449. The van der Waals surface area contributed by atoms with Gasteiger partial charge in [-0.25, -0.2) is 4.98 Å². The summed E-state index contributed by atoms with van der Waals surface area (Å²) in [6, 6.07) is 0. The lowest BCUT2D eigenvalue weighted by Crippen LogP contribution is -2.45. The van der Waals surface area contributed by atoms with Gasteiger partial charge in [0.25, 0.3) is 0 Å². The third-order valence-electron chi connectivity index (χ3n) is 3.07. The number of aromatic nitrogens is 1. The molecule has 0 amide bonds. The van der Waals surface area contributed by atoms with Crippen molar-refractivity contribution in [3.8, 4) is 0 Å². The Labute approximate surface area is 111 Å². The summed E-state index contributed by atoms with van der Waals surface area (Å²) in [7, 11) is 0. The number of rotatable bonds is 4. The lowest BCUT2D eigenvalue weighted by atomic mass is 10.3. The van der Waals surface area contributed by atoms with Crippen molar-refractivity contribution in [2.75, 3.05) is 32.7 Å². The van der Waals surface area contributed by atoms with Gasteiger partial charge in [0.15, 0.2) is 0 Å². The fourth-order valence-corrected chi connectivity index (χ4v) is 2.94. The van der Waals surface area contributed by atoms with Gasteiger partial charge in [0.2, 0.25) is 0 Å². The molecule has 2 N–H and O–H groups in total. The molecule has 1 saturated heterocycles. The van der Waals surface area contributed by atoms with Crippen LogP contribution in [0.2, 0.25) is 0 Å². The van der Waals surface area contributed by atoms with Crippen LogP contribution in [0.15, 0.2) is 6.20 Å². The van der Waals surface area contributed by atoms with E-state index in [-0.39, 0.29) is 0 Å². The van der Waals surface area contributed by atoms with Gasteiger partial charge < -0.3 is 10.6 Å². The molecule has 0 spiro atoms. The van der Waals surface area contributed by atoms with E-state index in [0.29, 0.717) is 4.99 Å². The van der Waals surface area contributed by atoms with E-state index in [4.69, 9.17) is 18.0 Å². The molecule has 0 saturated carbocycles. The molecule has 0 atom stereocenters. The molecule has 1 aromatic rings. The number of thiocarbonyl (C=S) groups is 1. The summed E-state index contributed by atoms with van der Waals surface area (Å²) in [5.74, 6) is 0. The molecule has 1 aliphatic rings. The second-order valence-corrected chi connectivity index (χ2v) is 5.75. The number of nitrogens with zero attached hydrogens (tertiary/aromatic N) is 3. The first kappa shape index (κ1) is 12.9. The van der Waals surface area contributed by atoms with E-state index in [2.05, 4.69) is 21.7 Å². The fourth-order valence-electron chi connectivity index (χ4n) is 1.95. The van der Waals surface area contributed by atoms with Crippen LogP contribution in [0.1, 0.15) is 16.8 Å². The molecule has 0 radical (unpaired) electrons. The molecule has 17 heavy (non-hydrogen) atoms. The normalized spacial score (nSPS) is 18.4. The van der Waals surface area contributed by atoms with Crippen LogP contribution >= 0.6 is 23.6 Å². The van der Waals surface area contributed by atoms with Crippen LogP contribution in [-0.4, -0.2) is 52.5 Å². The van der Waals surface area contributed by atoms with E-state index in [1.807, 2.05) is 0 Å². The molecule has 1 aromatic heterocycles. The zero-order valence-corrected chi connectivity index (χ0v) is 11.7. The van der Waals surface area contributed by atoms with Crippen LogP contribution in [0.5, 0.6) is 0 Å². The van der Waals surface area contributed by atoms with Gasteiger partial charge in [-0.15, -0.1) is 11.3 Å². The van der Waals surface area contributed by atoms with Crippen LogP contribution in [-0.2, 0) is 6.54 Å². The average Bonchev–Trinajstić information content (AvgIpc) is 2.79. The fraction of sp³-hybridized carbons (Fsp3) is 0.636. The number of likely N-dealkylation sites (N-methyl/N-ethyl adjacent to an activating group) is 1. The Hall–Kier alpha value is -0.560. The maximum Gasteiger partial charge on any atom is 0.115 e. The van der Waals surface area contributed by atoms with Crippen molar-refractivity contribution in [2.24, 2.45) is 5.73 Å². The van der Waals surface area contributed by atoms with E-state index in [0.717, 1.165) is 49.2 Å². The molecular weight excluding hydrogens is 252 g/mol. The smallest absolute Gasteiger partial charge is 0.115 e. The largest absolute Gasteiger partial charge is 0.389 e. The summed E-state index contributed by atoms with van der Waals surface area (Å²) in [6.45, 7) is 8.84. The monoisotopic (exact) mass is 270 g/mol. The second-order valence-electron chi connectivity index (χ2n) is 4.19. The molecule has 2 rings (SSSR count). The third kappa shape index (κ3) is 3.45. The van der Waals surface area contributed by atoms with Gasteiger partial charge in [0.05, 0.1) is 11.4 Å². The number of hydrogen-bond donors (Lipinski definition) is 1. The van der Waals surface area contributed by atoms with Crippen molar-refractivity contribution in [1.29, 1.82) is 0 Å². The minimum absolute atomic E-state index is 0.449. The zero-order chi connectivity index (χ0) is 12.3. The van der Waals surface area contributed by atoms with E-state index >= 15 is 0 Å². The molecule has 0 bridgehead atoms. The average molecular weight is 270 g/mol. The van der Waals surface area contributed by atoms with Crippen molar-refractivity contribution in [2.45, 2.75) is 13.5 Å². The van der Waals surface area contributed by atoms with Crippen LogP contribution in [0.4, 0.5) is 0 Å². The summed E-state index contributed by atoms with van der Waals surface area (Å²) in [5, 5.41) is 1.11. The number of thiazole rings is 1. The molecule has 0 aliphatic carbocycles. The first-order valence-corrected chi connectivity index (χ1v) is 7.10. The Balaban J connectivity index is 1.86. The van der Waals surface area contributed by atoms with Gasteiger partial charge in [0.1, 0.15) is 10.00 Å². The SMILES string of the molecule is CCN1CCN(Cc2ncc(C(N)=S)s2)CC1. The Morgan fingerprint density at radius 1 is 1.41 bits per heavy atom. The minimum Gasteiger partial charge on any atom is -0.389 e. The van der Waals surface area contributed by atoms with Gasteiger partial charge in [-0.2, -0.15) is 0 Å². The lowest BCUT2D eigenvalue weighted by Gasteiger charge is -2.33. The van der Waals surface area contributed by atoms with E-state index in [1.165, 1.54) is 0 Å². The Morgan fingerprint density at radius 2 is 2.06 bits per heavy atom. The van der Waals surface area contributed by atoms with Crippen molar-refractivity contribution < 1.29 is 0 Å². The number of hydrogen-bond acceptors (Lipinski definition) is 5. The van der Waals surface area contributed by atoms with Gasteiger partial charge in [-0.05, 0) is 6.54 Å². The molecule has 94 valence electrons. The van der Waals surface area contributed by atoms with E-state index in [9.17, 15) is 0 Å².